The normalized spacial score (nSPS) is 22.3. The average Bonchev–Trinajstić information content (AvgIpc) is 3.05. The number of likely N-dealkylation sites (N-methyl/N-ethyl adjacent to an activating group) is 1. The number of ether oxygens (including phenoxy) is 1. The van der Waals surface area contributed by atoms with Crippen LogP contribution in [0.15, 0.2) is 48.5 Å². The minimum absolute atomic E-state index is 0.0444. The predicted molar refractivity (Wildman–Crippen MR) is 117 cm³/mol. The molecule has 1 amide bonds. The van der Waals surface area contributed by atoms with Crippen molar-refractivity contribution in [3.8, 4) is 5.75 Å². The van der Waals surface area contributed by atoms with E-state index >= 15 is 0 Å². The first kappa shape index (κ1) is 24.6. The lowest BCUT2D eigenvalue weighted by Gasteiger charge is -2.32. The fraction of sp³-hybridized carbons (Fsp3) is 0.417. The van der Waals surface area contributed by atoms with Gasteiger partial charge in [0, 0.05) is 31.9 Å². The Labute approximate surface area is 191 Å². The monoisotopic (exact) mass is 462 g/mol. The highest BCUT2D eigenvalue weighted by atomic mass is 19.2. The topological polar surface area (TPSA) is 99.1 Å². The highest BCUT2D eigenvalue weighted by molar-refractivity contribution is 5.77. The molecule has 0 saturated heterocycles. The molecular formula is C24H28F2N2O5. The summed E-state index contributed by atoms with van der Waals surface area (Å²) >= 11 is 0. The Balaban J connectivity index is 1.73. The number of hydrogen-bond donors (Lipinski definition) is 3. The molecule has 0 heterocycles. The molecule has 0 aliphatic heterocycles. The standard InChI is InChI=1S/C24H28F2N2O5/c1-28(14-15-6-3-2-4-7-15)23-19(27-21(29)8-5-9-22(30)31)13-20(24(23)32)33-16-10-11-17(25)18(26)12-16/h2-4,6-7,10-12,19-20,23-24,32H,5,8-9,13-14H2,1H3,(H,27,29)(H,30,31)/t19-,20-,23+,24+/m1/s1. The van der Waals surface area contributed by atoms with Crippen LogP contribution in [0.2, 0.25) is 0 Å². The predicted octanol–water partition coefficient (Wildman–Crippen LogP) is 2.72. The molecule has 0 bridgehead atoms. The van der Waals surface area contributed by atoms with Gasteiger partial charge in [-0.3, -0.25) is 14.5 Å². The molecule has 2 aromatic rings. The molecule has 1 fully saturated rings. The van der Waals surface area contributed by atoms with Crippen molar-refractivity contribution in [1.29, 1.82) is 0 Å². The Hall–Kier alpha value is -3.04. The van der Waals surface area contributed by atoms with Crippen LogP contribution in [0.25, 0.3) is 0 Å². The average molecular weight is 462 g/mol. The van der Waals surface area contributed by atoms with E-state index in [1.807, 2.05) is 42.3 Å². The van der Waals surface area contributed by atoms with Crippen LogP contribution in [0.4, 0.5) is 8.78 Å². The second-order valence-corrected chi connectivity index (χ2v) is 8.27. The fourth-order valence-corrected chi connectivity index (χ4v) is 4.20. The number of carbonyl (C=O) groups is 2. The first-order valence-electron chi connectivity index (χ1n) is 10.8. The summed E-state index contributed by atoms with van der Waals surface area (Å²) in [5, 5.41) is 22.7. The largest absolute Gasteiger partial charge is 0.487 e. The number of aliphatic carboxylic acids is 1. The van der Waals surface area contributed by atoms with Gasteiger partial charge in [-0.25, -0.2) is 8.78 Å². The zero-order valence-corrected chi connectivity index (χ0v) is 18.3. The number of rotatable bonds is 10. The van der Waals surface area contributed by atoms with Gasteiger partial charge in [0.1, 0.15) is 18.0 Å². The lowest BCUT2D eigenvalue weighted by atomic mass is 10.1. The molecule has 4 atom stereocenters. The van der Waals surface area contributed by atoms with Crippen molar-refractivity contribution in [3.63, 3.8) is 0 Å². The van der Waals surface area contributed by atoms with Gasteiger partial charge in [0.05, 0.1) is 12.1 Å². The highest BCUT2D eigenvalue weighted by Gasteiger charge is 2.46. The summed E-state index contributed by atoms with van der Waals surface area (Å²) in [6.07, 6.45) is -1.40. The van der Waals surface area contributed by atoms with Gasteiger partial charge in [-0.15, -0.1) is 0 Å². The molecule has 1 saturated carbocycles. The van der Waals surface area contributed by atoms with Crippen LogP contribution in [0.3, 0.4) is 0 Å². The summed E-state index contributed by atoms with van der Waals surface area (Å²) in [6, 6.07) is 11.8. The molecule has 3 N–H and O–H groups in total. The van der Waals surface area contributed by atoms with Gasteiger partial charge in [-0.1, -0.05) is 30.3 Å². The Morgan fingerprint density at radius 1 is 1.12 bits per heavy atom. The second-order valence-electron chi connectivity index (χ2n) is 8.27. The van der Waals surface area contributed by atoms with E-state index in [0.29, 0.717) is 6.54 Å². The Morgan fingerprint density at radius 3 is 2.52 bits per heavy atom. The van der Waals surface area contributed by atoms with E-state index in [1.54, 1.807) is 0 Å². The number of carboxylic acids is 1. The highest BCUT2D eigenvalue weighted by Crippen LogP contribution is 2.30. The number of carboxylic acid groups (broad SMARTS) is 1. The van der Waals surface area contributed by atoms with Crippen LogP contribution >= 0.6 is 0 Å². The minimum Gasteiger partial charge on any atom is -0.487 e. The van der Waals surface area contributed by atoms with Gasteiger partial charge >= 0.3 is 5.97 Å². The SMILES string of the molecule is CN(Cc1ccccc1)[C@@H]1[C@@H](O)[C@H](Oc2ccc(F)c(F)c2)C[C@H]1NC(=O)CCCC(=O)O. The van der Waals surface area contributed by atoms with E-state index in [0.717, 1.165) is 17.7 Å². The van der Waals surface area contributed by atoms with Gasteiger partial charge in [-0.2, -0.15) is 0 Å². The van der Waals surface area contributed by atoms with Gasteiger partial charge in [-0.05, 0) is 31.2 Å². The van der Waals surface area contributed by atoms with E-state index in [4.69, 9.17) is 9.84 Å². The number of amides is 1. The zero-order valence-electron chi connectivity index (χ0n) is 18.3. The zero-order chi connectivity index (χ0) is 24.0. The number of hydrogen-bond acceptors (Lipinski definition) is 5. The molecular weight excluding hydrogens is 434 g/mol. The lowest BCUT2D eigenvalue weighted by Crippen LogP contribution is -2.51. The maximum absolute atomic E-state index is 13.6. The molecule has 2 aromatic carbocycles. The Morgan fingerprint density at radius 2 is 1.85 bits per heavy atom. The summed E-state index contributed by atoms with van der Waals surface area (Å²) < 4.78 is 32.6. The van der Waals surface area contributed by atoms with Crippen molar-refractivity contribution in [2.75, 3.05) is 7.05 Å². The first-order chi connectivity index (χ1) is 15.7. The molecule has 178 valence electrons. The molecule has 0 unspecified atom stereocenters. The maximum atomic E-state index is 13.6. The summed E-state index contributed by atoms with van der Waals surface area (Å²) in [7, 11) is 1.82. The number of aliphatic hydroxyl groups is 1. The number of carbonyl (C=O) groups excluding carboxylic acids is 1. The summed E-state index contributed by atoms with van der Waals surface area (Å²) in [5.74, 6) is -3.27. The van der Waals surface area contributed by atoms with Gasteiger partial charge < -0.3 is 20.3 Å². The molecule has 0 radical (unpaired) electrons. The second kappa shape index (κ2) is 11.2. The third-order valence-electron chi connectivity index (χ3n) is 5.73. The van der Waals surface area contributed by atoms with E-state index in [1.165, 1.54) is 6.07 Å². The molecule has 0 spiro atoms. The van der Waals surface area contributed by atoms with Crippen molar-refractivity contribution in [3.05, 3.63) is 65.7 Å². The van der Waals surface area contributed by atoms with Crippen molar-refractivity contribution < 1.29 is 33.3 Å². The molecule has 33 heavy (non-hydrogen) atoms. The molecule has 1 aliphatic rings. The third kappa shape index (κ3) is 6.72. The van der Waals surface area contributed by atoms with Crippen LogP contribution in [-0.4, -0.2) is 58.3 Å². The molecule has 7 nitrogen and oxygen atoms in total. The molecule has 9 heteroatoms. The van der Waals surface area contributed by atoms with Crippen LogP contribution in [0.1, 0.15) is 31.2 Å². The van der Waals surface area contributed by atoms with Crippen molar-refractivity contribution >= 4 is 11.9 Å². The quantitative estimate of drug-likeness (QED) is 0.502. The summed E-state index contributed by atoms with van der Waals surface area (Å²) in [4.78, 5) is 25.0. The maximum Gasteiger partial charge on any atom is 0.303 e. The van der Waals surface area contributed by atoms with Crippen LogP contribution in [-0.2, 0) is 16.1 Å². The third-order valence-corrected chi connectivity index (χ3v) is 5.73. The number of nitrogens with one attached hydrogen (secondary N) is 1. The Bertz CT molecular complexity index is 959. The van der Waals surface area contributed by atoms with E-state index < -0.39 is 41.9 Å². The number of aliphatic hydroxyl groups excluding tert-OH is 1. The van der Waals surface area contributed by atoms with Crippen molar-refractivity contribution in [2.45, 2.75) is 56.5 Å². The molecule has 1 aliphatic carbocycles. The van der Waals surface area contributed by atoms with Crippen molar-refractivity contribution in [1.82, 2.24) is 10.2 Å². The number of halogens is 2. The molecule has 0 aromatic heterocycles. The van der Waals surface area contributed by atoms with Crippen LogP contribution < -0.4 is 10.1 Å². The summed E-state index contributed by atoms with van der Waals surface area (Å²) in [6.45, 7) is 0.506. The van der Waals surface area contributed by atoms with Gasteiger partial charge in [0.25, 0.3) is 0 Å². The fourth-order valence-electron chi connectivity index (χ4n) is 4.20. The van der Waals surface area contributed by atoms with Gasteiger partial charge in [0.2, 0.25) is 5.91 Å². The molecule has 3 rings (SSSR count). The smallest absolute Gasteiger partial charge is 0.303 e. The Kier molecular flexibility index (Phi) is 8.35. The minimum atomic E-state index is -1.05. The van der Waals surface area contributed by atoms with E-state index in [-0.39, 0.29) is 37.3 Å². The first-order valence-corrected chi connectivity index (χ1v) is 10.8. The van der Waals surface area contributed by atoms with E-state index in [9.17, 15) is 23.5 Å². The van der Waals surface area contributed by atoms with Crippen molar-refractivity contribution in [2.24, 2.45) is 0 Å². The van der Waals surface area contributed by atoms with Crippen LogP contribution in [0.5, 0.6) is 5.75 Å². The lowest BCUT2D eigenvalue weighted by molar-refractivity contribution is -0.137. The van der Waals surface area contributed by atoms with Gasteiger partial charge in [0.15, 0.2) is 11.6 Å². The van der Waals surface area contributed by atoms with Crippen LogP contribution in [0, 0.1) is 11.6 Å². The number of benzene rings is 2. The van der Waals surface area contributed by atoms with E-state index in [2.05, 4.69) is 5.32 Å². The number of nitrogens with zero attached hydrogens (tertiary/aromatic N) is 1. The summed E-state index contributed by atoms with van der Waals surface area (Å²) in [5.41, 5.74) is 1.02.